The Morgan fingerprint density at radius 3 is 2.72 bits per heavy atom. The fourth-order valence-electron chi connectivity index (χ4n) is 3.72. The Hall–Kier alpha value is -3.25. The average molecular weight is 401 g/mol. The van der Waals surface area contributed by atoms with Crippen LogP contribution in [0.2, 0.25) is 0 Å². The van der Waals surface area contributed by atoms with E-state index in [9.17, 15) is 4.79 Å². The number of fused-ring (bicyclic) bond motifs is 2. The van der Waals surface area contributed by atoms with E-state index in [0.717, 1.165) is 39.5 Å². The average Bonchev–Trinajstić information content (AvgIpc) is 3.33. The van der Waals surface area contributed by atoms with Crippen LogP contribution in [0.25, 0.3) is 21.3 Å². The van der Waals surface area contributed by atoms with Crippen molar-refractivity contribution in [1.82, 2.24) is 14.9 Å². The molecule has 1 amide bonds. The highest BCUT2D eigenvalue weighted by Crippen LogP contribution is 2.32. The highest BCUT2D eigenvalue weighted by atomic mass is 32.1. The van der Waals surface area contributed by atoms with E-state index in [-0.39, 0.29) is 5.91 Å². The Morgan fingerprint density at radius 2 is 1.93 bits per heavy atom. The van der Waals surface area contributed by atoms with Gasteiger partial charge in [-0.3, -0.25) is 9.78 Å². The summed E-state index contributed by atoms with van der Waals surface area (Å²) in [6, 6.07) is 17.8. The summed E-state index contributed by atoms with van der Waals surface area (Å²) >= 11 is 1.69. The Bertz CT molecular complexity index is 1170. The zero-order valence-electron chi connectivity index (χ0n) is 16.0. The fourth-order valence-corrected chi connectivity index (χ4v) is 4.68. The summed E-state index contributed by atoms with van der Waals surface area (Å²) in [5.74, 6) is 0.836. The number of methoxy groups -OCH3 is 1. The quantitative estimate of drug-likeness (QED) is 0.492. The first-order valence-electron chi connectivity index (χ1n) is 9.49. The highest BCUT2D eigenvalue weighted by Gasteiger charge is 2.31. The van der Waals surface area contributed by atoms with E-state index in [1.807, 2.05) is 53.4 Å². The molecular formula is C23H19N3O2S. The molecule has 2 aromatic heterocycles. The molecule has 0 bridgehead atoms. The van der Waals surface area contributed by atoms with Crippen LogP contribution in [0.1, 0.15) is 21.1 Å². The van der Waals surface area contributed by atoms with E-state index in [4.69, 9.17) is 4.74 Å². The monoisotopic (exact) mass is 401 g/mol. The number of para-hydroxylation sites is 1. The van der Waals surface area contributed by atoms with Crippen molar-refractivity contribution in [2.45, 2.75) is 13.0 Å². The third kappa shape index (κ3) is 3.25. The Balaban J connectivity index is 1.37. The molecule has 3 heterocycles. The largest absolute Gasteiger partial charge is 0.497 e. The molecule has 5 nitrogen and oxygen atoms in total. The van der Waals surface area contributed by atoms with Crippen LogP contribution >= 0.6 is 11.3 Å². The molecule has 6 heteroatoms. The lowest BCUT2D eigenvalue weighted by molar-refractivity contribution is 0.0780. The number of hydrogen-bond acceptors (Lipinski definition) is 5. The van der Waals surface area contributed by atoms with Crippen LogP contribution in [0.3, 0.4) is 0 Å². The van der Waals surface area contributed by atoms with Crippen molar-refractivity contribution in [3.05, 3.63) is 77.1 Å². The van der Waals surface area contributed by atoms with Gasteiger partial charge >= 0.3 is 0 Å². The lowest BCUT2D eigenvalue weighted by Crippen LogP contribution is -2.26. The number of rotatable bonds is 5. The first-order valence-corrected chi connectivity index (χ1v) is 10.3. The predicted molar refractivity (Wildman–Crippen MR) is 114 cm³/mol. The van der Waals surface area contributed by atoms with Crippen molar-refractivity contribution in [2.24, 2.45) is 0 Å². The molecule has 5 rings (SSSR count). The third-order valence-corrected chi connectivity index (χ3v) is 6.30. The van der Waals surface area contributed by atoms with Crippen LogP contribution in [0, 0.1) is 0 Å². The number of aromatic nitrogens is 2. The van der Waals surface area contributed by atoms with E-state index < -0.39 is 0 Å². The normalized spacial score (nSPS) is 13.1. The molecule has 0 N–H and O–H groups in total. The highest BCUT2D eigenvalue weighted by molar-refractivity contribution is 7.18. The van der Waals surface area contributed by atoms with Gasteiger partial charge in [0.25, 0.3) is 5.91 Å². The Labute approximate surface area is 172 Å². The number of ether oxygens (including phenoxy) is 1. The first kappa shape index (κ1) is 17.8. The zero-order valence-corrected chi connectivity index (χ0v) is 16.8. The number of hydrogen-bond donors (Lipinski definition) is 0. The molecule has 0 spiro atoms. The second-order valence-electron chi connectivity index (χ2n) is 6.96. The van der Waals surface area contributed by atoms with Crippen molar-refractivity contribution in [2.75, 3.05) is 13.7 Å². The molecule has 0 radical (unpaired) electrons. The maximum atomic E-state index is 13.2. The van der Waals surface area contributed by atoms with Gasteiger partial charge in [-0.1, -0.05) is 24.3 Å². The van der Waals surface area contributed by atoms with Gasteiger partial charge in [-0.25, -0.2) is 4.98 Å². The molecule has 0 saturated heterocycles. The first-order chi connectivity index (χ1) is 14.2. The van der Waals surface area contributed by atoms with Crippen molar-refractivity contribution in [1.29, 1.82) is 0 Å². The van der Waals surface area contributed by atoms with E-state index >= 15 is 0 Å². The van der Waals surface area contributed by atoms with Crippen LogP contribution < -0.4 is 4.74 Å². The van der Waals surface area contributed by atoms with Crippen molar-refractivity contribution >= 4 is 27.5 Å². The number of benzene rings is 2. The van der Waals surface area contributed by atoms with Gasteiger partial charge in [0.1, 0.15) is 5.75 Å². The molecule has 1 aliphatic heterocycles. The van der Waals surface area contributed by atoms with Crippen molar-refractivity contribution in [3.8, 4) is 16.9 Å². The van der Waals surface area contributed by atoms with Crippen molar-refractivity contribution < 1.29 is 9.53 Å². The van der Waals surface area contributed by atoms with E-state index in [1.165, 1.54) is 4.70 Å². The summed E-state index contributed by atoms with van der Waals surface area (Å²) in [5.41, 5.74) is 4.48. The number of thiazole rings is 1. The number of carbonyl (C=O) groups is 1. The van der Waals surface area contributed by atoms with Gasteiger partial charge < -0.3 is 9.64 Å². The summed E-state index contributed by atoms with van der Waals surface area (Å²) in [6.07, 6.45) is 2.53. The van der Waals surface area contributed by atoms with Gasteiger partial charge in [0, 0.05) is 19.2 Å². The minimum Gasteiger partial charge on any atom is -0.497 e. The molecule has 4 aromatic rings. The number of pyridine rings is 1. The predicted octanol–water partition coefficient (Wildman–Crippen LogP) is 4.57. The zero-order chi connectivity index (χ0) is 19.8. The lowest BCUT2D eigenvalue weighted by atomic mass is 10.00. The van der Waals surface area contributed by atoms with Gasteiger partial charge in [-0.2, -0.15) is 0 Å². The third-order valence-electron chi connectivity index (χ3n) is 5.21. The summed E-state index contributed by atoms with van der Waals surface area (Å²) < 4.78 is 6.42. The van der Waals surface area contributed by atoms with E-state index in [2.05, 4.69) is 16.0 Å². The topological polar surface area (TPSA) is 55.3 Å². The van der Waals surface area contributed by atoms with Gasteiger partial charge in [0.2, 0.25) is 0 Å². The van der Waals surface area contributed by atoms with Crippen LogP contribution in [-0.2, 0) is 13.0 Å². The summed E-state index contributed by atoms with van der Waals surface area (Å²) in [4.78, 5) is 24.2. The SMILES string of the molecule is COc1ccc(-c2ccnc3c2C(=O)N(CCc2nc4ccccc4s2)C3)cc1. The summed E-state index contributed by atoms with van der Waals surface area (Å²) in [7, 11) is 1.64. The molecule has 29 heavy (non-hydrogen) atoms. The standard InChI is InChI=1S/C23H19N3O2S/c1-28-16-8-6-15(7-9-16)17-10-12-24-19-14-26(23(27)22(17)19)13-11-21-25-18-4-2-3-5-20(18)29-21/h2-10,12H,11,13-14H2,1H3. The molecule has 0 fully saturated rings. The van der Waals surface area contributed by atoms with E-state index in [0.29, 0.717) is 18.7 Å². The second kappa shape index (κ2) is 7.29. The molecule has 2 aromatic carbocycles. The second-order valence-corrected chi connectivity index (χ2v) is 8.08. The lowest BCUT2D eigenvalue weighted by Gasteiger charge is -2.14. The maximum Gasteiger partial charge on any atom is 0.256 e. The van der Waals surface area contributed by atoms with Crippen molar-refractivity contribution in [3.63, 3.8) is 0 Å². The van der Waals surface area contributed by atoms with Gasteiger partial charge in [0.05, 0.1) is 40.1 Å². The molecular weight excluding hydrogens is 382 g/mol. The molecule has 0 aliphatic carbocycles. The fraction of sp³-hybridized carbons (Fsp3) is 0.174. The molecule has 0 unspecified atom stereocenters. The Morgan fingerprint density at radius 1 is 1.10 bits per heavy atom. The minimum absolute atomic E-state index is 0.0417. The summed E-state index contributed by atoms with van der Waals surface area (Å²) in [6.45, 7) is 1.18. The van der Waals surface area contributed by atoms with Gasteiger partial charge in [-0.05, 0) is 41.5 Å². The van der Waals surface area contributed by atoms with Gasteiger partial charge in [-0.15, -0.1) is 11.3 Å². The minimum atomic E-state index is 0.0417. The number of nitrogens with zero attached hydrogens (tertiary/aromatic N) is 3. The molecule has 144 valence electrons. The summed E-state index contributed by atoms with van der Waals surface area (Å²) in [5, 5.41) is 1.05. The van der Waals surface area contributed by atoms with Crippen LogP contribution in [-0.4, -0.2) is 34.4 Å². The Kier molecular flexibility index (Phi) is 4.48. The number of carbonyl (C=O) groups excluding carboxylic acids is 1. The number of amides is 1. The molecule has 0 atom stereocenters. The smallest absolute Gasteiger partial charge is 0.256 e. The van der Waals surface area contributed by atoms with Crippen LogP contribution in [0.5, 0.6) is 5.75 Å². The van der Waals surface area contributed by atoms with Crippen LogP contribution in [0.15, 0.2) is 60.8 Å². The van der Waals surface area contributed by atoms with Gasteiger partial charge in [0.15, 0.2) is 0 Å². The van der Waals surface area contributed by atoms with E-state index in [1.54, 1.807) is 24.6 Å². The molecule has 1 aliphatic rings. The maximum absolute atomic E-state index is 13.2. The van der Waals surface area contributed by atoms with Crippen LogP contribution in [0.4, 0.5) is 0 Å². The molecule has 0 saturated carbocycles.